The number of hydrogen-bond acceptors (Lipinski definition) is 7. The molecule has 0 spiro atoms. The molecule has 7 nitrogen and oxygen atoms in total. The molecule has 32 heavy (non-hydrogen) atoms. The molecular formula is C25H30O7. The summed E-state index contributed by atoms with van der Waals surface area (Å²) < 4.78 is 30.1. The zero-order valence-corrected chi connectivity index (χ0v) is 18.5. The summed E-state index contributed by atoms with van der Waals surface area (Å²) in [7, 11) is 0. The third-order valence-corrected chi connectivity index (χ3v) is 5.68. The highest BCUT2D eigenvalue weighted by molar-refractivity contribution is 5.66. The number of hydrogen-bond donors (Lipinski definition) is 1. The van der Waals surface area contributed by atoms with Crippen LogP contribution in [0, 0.1) is 0 Å². The number of fused-ring (bicyclic) bond motifs is 1. The Morgan fingerprint density at radius 2 is 1.31 bits per heavy atom. The maximum atomic E-state index is 11.9. The van der Waals surface area contributed by atoms with Gasteiger partial charge in [0.15, 0.2) is 11.9 Å². The van der Waals surface area contributed by atoms with Crippen LogP contribution in [0.25, 0.3) is 0 Å². The molecule has 0 unspecified atom stereocenters. The summed E-state index contributed by atoms with van der Waals surface area (Å²) in [4.78, 5) is 11.9. The summed E-state index contributed by atoms with van der Waals surface area (Å²) in [5, 5.41) is 11.2. The van der Waals surface area contributed by atoms with Crippen LogP contribution in [-0.2, 0) is 41.7 Å². The lowest BCUT2D eigenvalue weighted by Gasteiger charge is -2.44. The second-order valence-corrected chi connectivity index (χ2v) is 8.65. The average molecular weight is 443 g/mol. The van der Waals surface area contributed by atoms with Gasteiger partial charge in [-0.1, -0.05) is 60.7 Å². The molecule has 1 aliphatic carbocycles. The maximum absolute atomic E-state index is 11.9. The smallest absolute Gasteiger partial charge is 0.303 e. The van der Waals surface area contributed by atoms with E-state index in [1.54, 1.807) is 13.8 Å². The fourth-order valence-corrected chi connectivity index (χ4v) is 4.33. The van der Waals surface area contributed by atoms with Crippen LogP contribution in [0.5, 0.6) is 0 Å². The van der Waals surface area contributed by atoms with Gasteiger partial charge in [0.2, 0.25) is 0 Å². The zero-order valence-electron chi connectivity index (χ0n) is 18.5. The standard InChI is InChI=1S/C25H30O7/c1-16(26)30-21-19(27)20(28-14-17-10-6-4-7-11-17)23-24(32-25(2,3)31-23)22(21)29-15-18-12-8-5-9-13-18/h4-13,19-24,27H,14-15H2,1-3H3/t19-,20-,21+,22-,23-,24+/m0/s1. The second kappa shape index (κ2) is 9.68. The van der Waals surface area contributed by atoms with Gasteiger partial charge in [-0.2, -0.15) is 0 Å². The van der Waals surface area contributed by atoms with E-state index < -0.39 is 48.4 Å². The Labute approximate surface area is 188 Å². The molecule has 2 fully saturated rings. The number of carbonyl (C=O) groups is 1. The van der Waals surface area contributed by atoms with Crippen molar-refractivity contribution in [3.05, 3.63) is 71.8 Å². The first-order valence-corrected chi connectivity index (χ1v) is 10.9. The Bertz CT molecular complexity index is 886. The number of ether oxygens (including phenoxy) is 5. The van der Waals surface area contributed by atoms with Crippen molar-refractivity contribution in [2.45, 2.75) is 76.4 Å². The predicted octanol–water partition coefficient (Wildman–Crippen LogP) is 2.98. The number of benzene rings is 2. The van der Waals surface area contributed by atoms with Gasteiger partial charge in [0.1, 0.15) is 30.5 Å². The molecule has 2 aliphatic rings. The molecule has 1 saturated carbocycles. The van der Waals surface area contributed by atoms with Crippen LogP contribution < -0.4 is 0 Å². The van der Waals surface area contributed by atoms with Gasteiger partial charge in [-0.25, -0.2) is 0 Å². The van der Waals surface area contributed by atoms with Crippen molar-refractivity contribution in [3.8, 4) is 0 Å². The Morgan fingerprint density at radius 3 is 1.81 bits per heavy atom. The quantitative estimate of drug-likeness (QED) is 0.660. The molecule has 1 N–H and O–H groups in total. The summed E-state index contributed by atoms with van der Waals surface area (Å²) in [6.45, 7) is 5.47. The fourth-order valence-electron chi connectivity index (χ4n) is 4.33. The van der Waals surface area contributed by atoms with Gasteiger partial charge >= 0.3 is 5.97 Å². The van der Waals surface area contributed by atoms with Gasteiger partial charge in [0.05, 0.1) is 13.2 Å². The Morgan fingerprint density at radius 1 is 0.844 bits per heavy atom. The Hall–Kier alpha value is -2.29. The van der Waals surface area contributed by atoms with Gasteiger partial charge in [-0.05, 0) is 25.0 Å². The van der Waals surface area contributed by atoms with Gasteiger partial charge in [-0.15, -0.1) is 0 Å². The van der Waals surface area contributed by atoms with Gasteiger partial charge in [0.25, 0.3) is 0 Å². The molecule has 6 atom stereocenters. The van der Waals surface area contributed by atoms with Crippen LogP contribution in [0.1, 0.15) is 31.9 Å². The highest BCUT2D eigenvalue weighted by Gasteiger charge is 2.60. The molecule has 0 amide bonds. The van der Waals surface area contributed by atoms with Crippen LogP contribution in [0.3, 0.4) is 0 Å². The summed E-state index contributed by atoms with van der Waals surface area (Å²) in [6.07, 6.45) is -4.77. The molecule has 1 heterocycles. The first-order chi connectivity index (χ1) is 15.3. The minimum atomic E-state index is -1.15. The molecule has 1 saturated heterocycles. The van der Waals surface area contributed by atoms with Crippen LogP contribution in [0.15, 0.2) is 60.7 Å². The van der Waals surface area contributed by atoms with Gasteiger partial charge in [0, 0.05) is 6.92 Å². The summed E-state index contributed by atoms with van der Waals surface area (Å²) >= 11 is 0. The molecule has 172 valence electrons. The molecular weight excluding hydrogens is 412 g/mol. The third kappa shape index (κ3) is 5.19. The van der Waals surface area contributed by atoms with Crippen molar-refractivity contribution < 1.29 is 33.6 Å². The average Bonchev–Trinajstić information content (AvgIpc) is 3.09. The second-order valence-electron chi connectivity index (χ2n) is 8.65. The van der Waals surface area contributed by atoms with Crippen molar-refractivity contribution >= 4 is 5.97 Å². The van der Waals surface area contributed by atoms with Gasteiger partial charge < -0.3 is 28.8 Å². The number of rotatable bonds is 7. The minimum absolute atomic E-state index is 0.276. The van der Waals surface area contributed by atoms with Crippen molar-refractivity contribution in [2.24, 2.45) is 0 Å². The van der Waals surface area contributed by atoms with E-state index in [-0.39, 0.29) is 13.2 Å². The molecule has 0 radical (unpaired) electrons. The van der Waals surface area contributed by atoms with E-state index in [0.717, 1.165) is 11.1 Å². The highest BCUT2D eigenvalue weighted by Crippen LogP contribution is 2.41. The van der Waals surface area contributed by atoms with E-state index in [2.05, 4.69) is 0 Å². The maximum Gasteiger partial charge on any atom is 0.303 e. The molecule has 0 aromatic heterocycles. The molecule has 2 aromatic carbocycles. The number of esters is 1. The largest absolute Gasteiger partial charge is 0.457 e. The SMILES string of the molecule is CC(=O)O[C@@H]1[C@@H](O)[C@H](OCc2ccccc2)[C@@H]2OC(C)(C)O[C@@H]2[C@H]1OCc1ccccc1. The van der Waals surface area contributed by atoms with E-state index in [1.807, 2.05) is 60.7 Å². The van der Waals surface area contributed by atoms with Crippen LogP contribution in [0.4, 0.5) is 0 Å². The van der Waals surface area contributed by atoms with E-state index in [4.69, 9.17) is 23.7 Å². The Balaban J connectivity index is 1.58. The molecule has 7 heteroatoms. The summed E-state index contributed by atoms with van der Waals surface area (Å²) in [5.74, 6) is -1.41. The van der Waals surface area contributed by atoms with E-state index in [0.29, 0.717) is 0 Å². The lowest BCUT2D eigenvalue weighted by Crippen LogP contribution is -2.64. The third-order valence-electron chi connectivity index (χ3n) is 5.68. The zero-order chi connectivity index (χ0) is 22.7. The summed E-state index contributed by atoms with van der Waals surface area (Å²) in [6, 6.07) is 19.3. The number of aliphatic hydroxyl groups excluding tert-OH is 1. The van der Waals surface area contributed by atoms with Crippen molar-refractivity contribution in [1.29, 1.82) is 0 Å². The first kappa shape index (κ1) is 22.9. The number of carbonyl (C=O) groups excluding carboxylic acids is 1. The topological polar surface area (TPSA) is 83.5 Å². The highest BCUT2D eigenvalue weighted by atomic mass is 16.8. The lowest BCUT2D eigenvalue weighted by atomic mass is 9.84. The number of aliphatic hydroxyl groups is 1. The van der Waals surface area contributed by atoms with Crippen molar-refractivity contribution in [3.63, 3.8) is 0 Å². The summed E-state index contributed by atoms with van der Waals surface area (Å²) in [5.41, 5.74) is 1.92. The van der Waals surface area contributed by atoms with Crippen LogP contribution in [0.2, 0.25) is 0 Å². The predicted molar refractivity (Wildman–Crippen MR) is 115 cm³/mol. The van der Waals surface area contributed by atoms with Crippen molar-refractivity contribution in [1.82, 2.24) is 0 Å². The van der Waals surface area contributed by atoms with Crippen LogP contribution >= 0.6 is 0 Å². The van der Waals surface area contributed by atoms with E-state index >= 15 is 0 Å². The molecule has 0 bridgehead atoms. The van der Waals surface area contributed by atoms with E-state index in [9.17, 15) is 9.90 Å². The molecule has 2 aromatic rings. The lowest BCUT2D eigenvalue weighted by molar-refractivity contribution is -0.233. The normalized spacial score (nSPS) is 31.1. The Kier molecular flexibility index (Phi) is 6.93. The van der Waals surface area contributed by atoms with Crippen LogP contribution in [-0.4, -0.2) is 53.5 Å². The van der Waals surface area contributed by atoms with Crippen molar-refractivity contribution in [2.75, 3.05) is 0 Å². The first-order valence-electron chi connectivity index (χ1n) is 10.9. The van der Waals surface area contributed by atoms with E-state index in [1.165, 1.54) is 6.92 Å². The fraction of sp³-hybridized carbons (Fsp3) is 0.480. The molecule has 1 aliphatic heterocycles. The molecule has 4 rings (SSSR count). The van der Waals surface area contributed by atoms with Gasteiger partial charge in [-0.3, -0.25) is 4.79 Å². The minimum Gasteiger partial charge on any atom is -0.457 e. The monoisotopic (exact) mass is 442 g/mol.